The van der Waals surface area contributed by atoms with Gasteiger partial charge in [-0.1, -0.05) is 24.3 Å². The Kier molecular flexibility index (Phi) is 4.67. The van der Waals surface area contributed by atoms with Crippen LogP contribution in [0.3, 0.4) is 0 Å². The minimum Gasteiger partial charge on any atom is -0.383 e. The number of nitrogens with two attached hydrogens (primary N) is 1. The van der Waals surface area contributed by atoms with E-state index in [1.165, 1.54) is 12.1 Å². The molecule has 0 aliphatic carbocycles. The average molecular weight is 284 g/mol. The van der Waals surface area contributed by atoms with E-state index in [1.54, 1.807) is 24.1 Å². The van der Waals surface area contributed by atoms with Crippen molar-refractivity contribution in [2.75, 3.05) is 20.3 Å². The molecular formula is C14H18F2N2O2. The molecule has 1 heterocycles. The topological polar surface area (TPSA) is 55.6 Å². The smallest absolute Gasteiger partial charge is 0.263 e. The minimum absolute atomic E-state index is 0.0301. The van der Waals surface area contributed by atoms with Gasteiger partial charge >= 0.3 is 0 Å². The molecule has 0 radical (unpaired) electrons. The molecule has 1 aliphatic heterocycles. The molecule has 2 N–H and O–H groups in total. The molecule has 20 heavy (non-hydrogen) atoms. The third kappa shape index (κ3) is 2.96. The highest BCUT2D eigenvalue weighted by molar-refractivity contribution is 5.80. The molecule has 2 rings (SSSR count). The van der Waals surface area contributed by atoms with Gasteiger partial charge in [0.15, 0.2) is 0 Å². The van der Waals surface area contributed by atoms with Crippen LogP contribution in [0.1, 0.15) is 30.0 Å². The number of amides is 1. The lowest BCUT2D eigenvalue weighted by Crippen LogP contribution is -2.35. The van der Waals surface area contributed by atoms with Crippen LogP contribution in [0.5, 0.6) is 0 Å². The summed E-state index contributed by atoms with van der Waals surface area (Å²) in [7, 11) is 1.56. The summed E-state index contributed by atoms with van der Waals surface area (Å²) < 4.78 is 30.1. The van der Waals surface area contributed by atoms with Crippen LogP contribution >= 0.6 is 0 Å². The van der Waals surface area contributed by atoms with Gasteiger partial charge in [-0.3, -0.25) is 4.79 Å². The maximum absolute atomic E-state index is 12.6. The second kappa shape index (κ2) is 6.28. The molecule has 0 saturated carbocycles. The highest BCUT2D eigenvalue weighted by Gasteiger charge is 2.38. The fraction of sp³-hybridized carbons (Fsp3) is 0.500. The molecule has 4 nitrogen and oxygen atoms in total. The molecule has 1 aromatic rings. The van der Waals surface area contributed by atoms with Crippen LogP contribution in [0.4, 0.5) is 8.78 Å². The van der Waals surface area contributed by atoms with Gasteiger partial charge in [0.2, 0.25) is 5.91 Å². The largest absolute Gasteiger partial charge is 0.383 e. The van der Waals surface area contributed by atoms with Crippen LogP contribution in [0, 0.1) is 0 Å². The van der Waals surface area contributed by atoms with E-state index in [4.69, 9.17) is 10.5 Å². The number of ether oxygens (including phenoxy) is 1. The first-order chi connectivity index (χ1) is 9.54. The normalized spacial score (nSPS) is 22.9. The SMILES string of the molecule is COCCN1C(=O)CC(N)C1c1ccc(C(F)F)cc1. The summed E-state index contributed by atoms with van der Waals surface area (Å²) in [6.45, 7) is 0.869. The highest BCUT2D eigenvalue weighted by Crippen LogP contribution is 2.32. The first-order valence-corrected chi connectivity index (χ1v) is 6.46. The van der Waals surface area contributed by atoms with Crippen LogP contribution in [0.25, 0.3) is 0 Å². The highest BCUT2D eigenvalue weighted by atomic mass is 19.3. The van der Waals surface area contributed by atoms with Crippen molar-refractivity contribution in [2.45, 2.75) is 24.9 Å². The molecule has 2 unspecified atom stereocenters. The third-order valence-corrected chi connectivity index (χ3v) is 3.54. The summed E-state index contributed by atoms with van der Waals surface area (Å²) >= 11 is 0. The molecule has 2 atom stereocenters. The molecule has 6 heteroatoms. The second-order valence-electron chi connectivity index (χ2n) is 4.86. The number of alkyl halides is 2. The average Bonchev–Trinajstić information content (AvgIpc) is 2.70. The number of nitrogens with zero attached hydrogens (tertiary/aromatic N) is 1. The zero-order valence-electron chi connectivity index (χ0n) is 11.3. The number of hydrogen-bond acceptors (Lipinski definition) is 3. The van der Waals surface area contributed by atoms with Gasteiger partial charge < -0.3 is 15.4 Å². The van der Waals surface area contributed by atoms with Crippen molar-refractivity contribution in [2.24, 2.45) is 5.73 Å². The molecule has 1 fully saturated rings. The van der Waals surface area contributed by atoms with E-state index in [-0.39, 0.29) is 30.0 Å². The molecule has 1 amide bonds. The Morgan fingerprint density at radius 3 is 2.60 bits per heavy atom. The lowest BCUT2D eigenvalue weighted by atomic mass is 9.99. The van der Waals surface area contributed by atoms with Gasteiger partial charge in [0.1, 0.15) is 0 Å². The first-order valence-electron chi connectivity index (χ1n) is 6.46. The van der Waals surface area contributed by atoms with Crippen molar-refractivity contribution in [1.29, 1.82) is 0 Å². The predicted octanol–water partition coefficient (Wildman–Crippen LogP) is 1.87. The van der Waals surface area contributed by atoms with Crippen LogP contribution in [-0.4, -0.2) is 37.1 Å². The number of carbonyl (C=O) groups is 1. The lowest BCUT2D eigenvalue weighted by molar-refractivity contribution is -0.129. The van der Waals surface area contributed by atoms with E-state index in [2.05, 4.69) is 0 Å². The lowest BCUT2D eigenvalue weighted by Gasteiger charge is -2.27. The fourth-order valence-corrected chi connectivity index (χ4v) is 2.54. The van der Waals surface area contributed by atoms with E-state index in [0.717, 1.165) is 5.56 Å². The molecule has 1 aliphatic rings. The van der Waals surface area contributed by atoms with Crippen LogP contribution < -0.4 is 5.73 Å². The second-order valence-corrected chi connectivity index (χ2v) is 4.86. The number of likely N-dealkylation sites (tertiary alicyclic amines) is 1. The number of methoxy groups -OCH3 is 1. The number of rotatable bonds is 5. The maximum Gasteiger partial charge on any atom is 0.263 e. The Hall–Kier alpha value is -1.53. The molecule has 1 saturated heterocycles. The summed E-state index contributed by atoms with van der Waals surface area (Å²) in [5.74, 6) is -0.0301. The van der Waals surface area contributed by atoms with Gasteiger partial charge in [-0.2, -0.15) is 0 Å². The molecule has 1 aromatic carbocycles. The minimum atomic E-state index is -2.49. The van der Waals surface area contributed by atoms with Gasteiger partial charge in [0.25, 0.3) is 6.43 Å². The molecule has 0 spiro atoms. The summed E-state index contributed by atoms with van der Waals surface area (Å²) in [6, 6.07) is 5.39. The number of halogens is 2. The van der Waals surface area contributed by atoms with Gasteiger partial charge in [0.05, 0.1) is 12.6 Å². The van der Waals surface area contributed by atoms with Crippen LogP contribution in [0.15, 0.2) is 24.3 Å². The first kappa shape index (κ1) is 14.9. The van der Waals surface area contributed by atoms with Crippen molar-refractivity contribution >= 4 is 5.91 Å². The monoisotopic (exact) mass is 284 g/mol. The quantitative estimate of drug-likeness (QED) is 0.898. The van der Waals surface area contributed by atoms with E-state index in [9.17, 15) is 13.6 Å². The van der Waals surface area contributed by atoms with Crippen molar-refractivity contribution < 1.29 is 18.3 Å². The molecule has 0 bridgehead atoms. The Morgan fingerprint density at radius 2 is 2.05 bits per heavy atom. The summed E-state index contributed by atoms with van der Waals surface area (Å²) in [5.41, 5.74) is 6.76. The summed E-state index contributed by atoms with van der Waals surface area (Å²) in [5, 5.41) is 0. The predicted molar refractivity (Wildman–Crippen MR) is 70.3 cm³/mol. The van der Waals surface area contributed by atoms with Gasteiger partial charge in [-0.15, -0.1) is 0 Å². The number of benzene rings is 1. The van der Waals surface area contributed by atoms with Crippen molar-refractivity contribution in [3.8, 4) is 0 Å². The van der Waals surface area contributed by atoms with Gasteiger partial charge in [-0.25, -0.2) is 8.78 Å². The summed E-state index contributed by atoms with van der Waals surface area (Å²) in [4.78, 5) is 13.6. The van der Waals surface area contributed by atoms with Crippen molar-refractivity contribution in [3.05, 3.63) is 35.4 Å². The Balaban J connectivity index is 2.21. The molecule has 110 valence electrons. The third-order valence-electron chi connectivity index (χ3n) is 3.54. The van der Waals surface area contributed by atoms with E-state index in [0.29, 0.717) is 13.2 Å². The van der Waals surface area contributed by atoms with Gasteiger partial charge in [0, 0.05) is 31.7 Å². The Morgan fingerprint density at radius 1 is 1.40 bits per heavy atom. The zero-order chi connectivity index (χ0) is 14.7. The molecule has 0 aromatic heterocycles. The van der Waals surface area contributed by atoms with E-state index in [1.807, 2.05) is 0 Å². The molecular weight excluding hydrogens is 266 g/mol. The van der Waals surface area contributed by atoms with Crippen LogP contribution in [0.2, 0.25) is 0 Å². The number of hydrogen-bond donors (Lipinski definition) is 1. The van der Waals surface area contributed by atoms with Gasteiger partial charge in [-0.05, 0) is 5.56 Å². The zero-order valence-corrected chi connectivity index (χ0v) is 11.3. The fourth-order valence-electron chi connectivity index (χ4n) is 2.54. The van der Waals surface area contributed by atoms with E-state index < -0.39 is 6.43 Å². The van der Waals surface area contributed by atoms with Crippen molar-refractivity contribution in [1.82, 2.24) is 4.90 Å². The maximum atomic E-state index is 12.6. The Labute approximate surface area is 116 Å². The Bertz CT molecular complexity index is 465. The number of carbonyl (C=O) groups excluding carboxylic acids is 1. The summed E-state index contributed by atoms with van der Waals surface area (Å²) in [6.07, 6.45) is -2.22. The standard InChI is InChI=1S/C14H18F2N2O2/c1-20-7-6-18-12(19)8-11(17)13(18)9-2-4-10(5-3-9)14(15)16/h2-5,11,13-14H,6-8,17H2,1H3. The van der Waals surface area contributed by atoms with E-state index >= 15 is 0 Å². The van der Waals surface area contributed by atoms with Crippen molar-refractivity contribution in [3.63, 3.8) is 0 Å². The van der Waals surface area contributed by atoms with Crippen LogP contribution in [-0.2, 0) is 9.53 Å².